The van der Waals surface area contributed by atoms with Crippen molar-refractivity contribution in [1.82, 2.24) is 0 Å². The molecule has 0 aromatic heterocycles. The van der Waals surface area contributed by atoms with Crippen molar-refractivity contribution in [3.05, 3.63) is 212 Å². The van der Waals surface area contributed by atoms with Crippen LogP contribution in [0.15, 0.2) is 206 Å². The second-order valence-electron chi connectivity index (χ2n) is 13.4. The van der Waals surface area contributed by atoms with Gasteiger partial charge in [0.2, 0.25) is 0 Å². The summed E-state index contributed by atoms with van der Waals surface area (Å²) in [7, 11) is 0. The maximum Gasteiger partial charge on any atom is 0.0493 e. The van der Waals surface area contributed by atoms with Crippen LogP contribution in [0.5, 0.6) is 0 Å². The Balaban J connectivity index is 0.00000221. The fraction of sp³-hybridized carbons (Fsp3) is 0.115. The van der Waals surface area contributed by atoms with Gasteiger partial charge in [0.25, 0.3) is 0 Å². The van der Waals surface area contributed by atoms with E-state index in [0.717, 1.165) is 54.1 Å². The third kappa shape index (κ3) is 8.14. The zero-order valence-corrected chi connectivity index (χ0v) is 31.4. The van der Waals surface area contributed by atoms with Crippen molar-refractivity contribution in [3.8, 4) is 33.4 Å². The minimum atomic E-state index is 0.879. The minimum absolute atomic E-state index is 0.879. The van der Waals surface area contributed by atoms with Gasteiger partial charge in [-0.3, -0.25) is 0 Å². The molecule has 266 valence electrons. The van der Waals surface area contributed by atoms with Crippen molar-refractivity contribution in [2.75, 3.05) is 9.80 Å². The number of hydrogen-bond acceptors (Lipinski definition) is 2. The second kappa shape index (κ2) is 17.4. The zero-order valence-electron chi connectivity index (χ0n) is 31.4. The predicted octanol–water partition coefficient (Wildman–Crippen LogP) is 15.1. The molecule has 0 atom stereocenters. The van der Waals surface area contributed by atoms with Gasteiger partial charge in [-0.1, -0.05) is 154 Å². The molecule has 2 nitrogen and oxygen atoms in total. The Bertz CT molecular complexity index is 2190. The Kier molecular flexibility index (Phi) is 11.6. The maximum absolute atomic E-state index is 4.54. The highest BCUT2D eigenvalue weighted by Crippen LogP contribution is 2.40. The first-order valence-corrected chi connectivity index (χ1v) is 19.2. The molecule has 7 aromatic carbocycles. The Morgan fingerprint density at radius 1 is 0.463 bits per heavy atom. The van der Waals surface area contributed by atoms with Crippen molar-refractivity contribution in [2.24, 2.45) is 0 Å². The number of allylic oxidation sites excluding steroid dienone is 3. The smallest absolute Gasteiger partial charge is 0.0493 e. The highest BCUT2D eigenvalue weighted by atomic mass is 15.2. The first-order valence-electron chi connectivity index (χ1n) is 19.2. The summed E-state index contributed by atoms with van der Waals surface area (Å²) in [5.41, 5.74) is 15.4. The number of hydrogen-bond donors (Lipinski definition) is 0. The van der Waals surface area contributed by atoms with Crippen molar-refractivity contribution in [3.63, 3.8) is 0 Å². The number of rotatable bonds is 7. The van der Waals surface area contributed by atoms with E-state index in [1.54, 1.807) is 0 Å². The van der Waals surface area contributed by atoms with Crippen LogP contribution in [-0.4, -0.2) is 0 Å². The van der Waals surface area contributed by atoms with Gasteiger partial charge in [0.1, 0.15) is 0 Å². The molecule has 1 aliphatic heterocycles. The highest BCUT2D eigenvalue weighted by Gasteiger charge is 2.18. The monoisotopic (exact) mass is 700 g/mol. The molecule has 0 aliphatic carbocycles. The minimum Gasteiger partial charge on any atom is -0.315 e. The molecular weight excluding hydrogens is 653 g/mol. The summed E-state index contributed by atoms with van der Waals surface area (Å²) in [6.45, 7) is 8.54. The Hall–Kier alpha value is -6.38. The molecule has 0 N–H and O–H groups in total. The number of anilines is 5. The predicted molar refractivity (Wildman–Crippen MR) is 233 cm³/mol. The lowest BCUT2D eigenvalue weighted by molar-refractivity contribution is 0.811. The van der Waals surface area contributed by atoms with E-state index in [-0.39, 0.29) is 0 Å². The molecule has 0 unspecified atom stereocenters. The molecule has 0 saturated carbocycles. The average Bonchev–Trinajstić information content (AvgIpc) is 3.25. The fourth-order valence-corrected chi connectivity index (χ4v) is 7.20. The standard InChI is InChI=1S/C50H42N2.C2H6/c1-38-15-7-2-3-8-20-45-37-44(29-36-50(45)51(38)46-21-13-6-14-22-46)43-27-34-49(35-28-43)52(47-30-23-41(24-31-47)39-16-9-4-10-17-39)48-32-25-42(26-33-48)40-18-11-5-12-19-40;1-2/h3-6,8-14,16-19,21-37H,1-2,7,15,20H2;1-2H3/b8-3-;. The van der Waals surface area contributed by atoms with Gasteiger partial charge in [-0.2, -0.15) is 0 Å². The average molecular weight is 701 g/mol. The van der Waals surface area contributed by atoms with Gasteiger partial charge < -0.3 is 9.80 Å². The molecule has 0 fully saturated rings. The van der Waals surface area contributed by atoms with E-state index in [9.17, 15) is 0 Å². The fourth-order valence-electron chi connectivity index (χ4n) is 7.20. The van der Waals surface area contributed by atoms with Crippen LogP contribution in [0.4, 0.5) is 28.4 Å². The summed E-state index contributed by atoms with van der Waals surface area (Å²) in [5.74, 6) is 0. The van der Waals surface area contributed by atoms with Crippen molar-refractivity contribution < 1.29 is 0 Å². The van der Waals surface area contributed by atoms with Gasteiger partial charge in [-0.25, -0.2) is 0 Å². The van der Waals surface area contributed by atoms with Gasteiger partial charge in [0.15, 0.2) is 0 Å². The lowest BCUT2D eigenvalue weighted by Gasteiger charge is -2.30. The lowest BCUT2D eigenvalue weighted by atomic mass is 9.97. The molecule has 7 aromatic rings. The molecular formula is C52H48N2. The van der Waals surface area contributed by atoms with Gasteiger partial charge in [-0.05, 0) is 125 Å². The quantitative estimate of drug-likeness (QED) is 0.153. The SMILES string of the molecule is C=C1CCC/C=C\Cc2cc(-c3ccc(N(c4ccc(-c5ccccc5)cc4)c4ccc(-c5ccccc5)cc4)cc3)ccc2N1c1ccccc1.CC. The van der Waals surface area contributed by atoms with Gasteiger partial charge >= 0.3 is 0 Å². The highest BCUT2D eigenvalue weighted by molar-refractivity contribution is 5.82. The van der Waals surface area contributed by atoms with E-state index in [1.807, 2.05) is 13.8 Å². The van der Waals surface area contributed by atoms with E-state index in [2.05, 4.69) is 211 Å². The van der Waals surface area contributed by atoms with Crippen LogP contribution >= 0.6 is 0 Å². The summed E-state index contributed by atoms with van der Waals surface area (Å²) in [4.78, 5) is 4.69. The van der Waals surface area contributed by atoms with Crippen LogP contribution in [0, 0.1) is 0 Å². The first kappa shape index (κ1) is 36.0. The van der Waals surface area contributed by atoms with E-state index < -0.39 is 0 Å². The summed E-state index contributed by atoms with van der Waals surface area (Å²) in [6, 6.07) is 65.4. The number of benzene rings is 7. The molecule has 0 radical (unpaired) electrons. The molecule has 8 rings (SSSR count). The number of nitrogens with zero attached hydrogens (tertiary/aromatic N) is 2. The summed E-state index contributed by atoms with van der Waals surface area (Å²) >= 11 is 0. The molecule has 0 amide bonds. The van der Waals surface area contributed by atoms with E-state index in [4.69, 9.17) is 0 Å². The maximum atomic E-state index is 4.54. The van der Waals surface area contributed by atoms with Crippen LogP contribution in [0.1, 0.15) is 38.7 Å². The Labute approximate surface area is 322 Å². The largest absolute Gasteiger partial charge is 0.315 e. The molecule has 1 aliphatic rings. The first-order chi connectivity index (χ1) is 26.7. The van der Waals surface area contributed by atoms with Gasteiger partial charge in [0, 0.05) is 34.1 Å². The summed E-state index contributed by atoms with van der Waals surface area (Å²) < 4.78 is 0. The normalized spacial score (nSPS) is 13.2. The third-order valence-electron chi connectivity index (χ3n) is 9.92. The van der Waals surface area contributed by atoms with Crippen LogP contribution < -0.4 is 9.80 Å². The van der Waals surface area contributed by atoms with Crippen LogP contribution in [-0.2, 0) is 6.42 Å². The molecule has 1 heterocycles. The van der Waals surface area contributed by atoms with Gasteiger partial charge in [-0.15, -0.1) is 0 Å². The van der Waals surface area contributed by atoms with Crippen molar-refractivity contribution in [1.29, 1.82) is 0 Å². The molecule has 0 bridgehead atoms. The van der Waals surface area contributed by atoms with Crippen LogP contribution in [0.3, 0.4) is 0 Å². The topological polar surface area (TPSA) is 6.48 Å². The third-order valence-corrected chi connectivity index (χ3v) is 9.92. The number of fused-ring (bicyclic) bond motifs is 1. The summed E-state index contributed by atoms with van der Waals surface area (Å²) in [5, 5.41) is 0. The summed E-state index contributed by atoms with van der Waals surface area (Å²) in [6.07, 6.45) is 8.66. The van der Waals surface area contributed by atoms with Crippen LogP contribution in [0.2, 0.25) is 0 Å². The Morgan fingerprint density at radius 2 is 0.889 bits per heavy atom. The molecule has 54 heavy (non-hydrogen) atoms. The Morgan fingerprint density at radius 3 is 1.39 bits per heavy atom. The van der Waals surface area contributed by atoms with Crippen molar-refractivity contribution in [2.45, 2.75) is 39.5 Å². The second-order valence-corrected chi connectivity index (χ2v) is 13.4. The molecule has 0 spiro atoms. The van der Waals surface area contributed by atoms with Crippen molar-refractivity contribution >= 4 is 28.4 Å². The lowest BCUT2D eigenvalue weighted by Crippen LogP contribution is -2.17. The van der Waals surface area contributed by atoms with Gasteiger partial charge in [0.05, 0.1) is 0 Å². The van der Waals surface area contributed by atoms with E-state index in [1.165, 1.54) is 44.6 Å². The van der Waals surface area contributed by atoms with E-state index >= 15 is 0 Å². The number of para-hydroxylation sites is 1. The molecule has 2 heteroatoms. The zero-order chi connectivity index (χ0) is 37.1. The van der Waals surface area contributed by atoms with E-state index in [0.29, 0.717) is 0 Å². The van der Waals surface area contributed by atoms with Crippen LogP contribution in [0.25, 0.3) is 33.4 Å². The molecule has 0 saturated heterocycles.